The van der Waals surface area contributed by atoms with Crippen molar-refractivity contribution >= 4 is 0 Å². The minimum atomic E-state index is 0.0808. The molecule has 0 aliphatic carbocycles. The van der Waals surface area contributed by atoms with Gasteiger partial charge in [-0.05, 0) is 28.5 Å². The van der Waals surface area contributed by atoms with Crippen LogP contribution in [0.4, 0.5) is 0 Å². The maximum absolute atomic E-state index is 5.88. The zero-order valence-electron chi connectivity index (χ0n) is 11.7. The molecule has 2 N–H and O–H groups in total. The Morgan fingerprint density at radius 1 is 1.24 bits per heavy atom. The van der Waals surface area contributed by atoms with Gasteiger partial charge in [0.1, 0.15) is 5.75 Å². The fourth-order valence-corrected chi connectivity index (χ4v) is 1.67. The van der Waals surface area contributed by atoms with Crippen LogP contribution in [0.3, 0.4) is 0 Å². The lowest BCUT2D eigenvalue weighted by Gasteiger charge is -2.24. The fraction of sp³-hybridized carbons (Fsp3) is 0.600. The highest BCUT2D eigenvalue weighted by Gasteiger charge is 2.19. The van der Waals surface area contributed by atoms with Crippen LogP contribution in [0.2, 0.25) is 0 Å². The Morgan fingerprint density at radius 3 is 2.35 bits per heavy atom. The largest absolute Gasteiger partial charge is 0.493 e. The molecule has 0 aliphatic heterocycles. The number of hydrogen-bond donors (Lipinski definition) is 1. The lowest BCUT2D eigenvalue weighted by Crippen LogP contribution is -2.16. The molecular weight excluding hydrogens is 210 g/mol. The highest BCUT2D eigenvalue weighted by atomic mass is 16.5. The molecule has 1 aromatic rings. The maximum Gasteiger partial charge on any atom is 0.123 e. The summed E-state index contributed by atoms with van der Waals surface area (Å²) in [6.07, 6.45) is 0. The summed E-state index contributed by atoms with van der Waals surface area (Å²) in [6, 6.07) is 6.26. The van der Waals surface area contributed by atoms with Crippen LogP contribution in [0, 0.1) is 5.92 Å². The van der Waals surface area contributed by atoms with E-state index in [2.05, 4.69) is 40.7 Å². The van der Waals surface area contributed by atoms with Crippen LogP contribution in [0.25, 0.3) is 0 Å². The van der Waals surface area contributed by atoms with E-state index >= 15 is 0 Å². The predicted molar refractivity (Wildman–Crippen MR) is 73.4 cm³/mol. The number of ether oxygens (including phenoxy) is 1. The molecule has 0 aliphatic rings. The topological polar surface area (TPSA) is 35.2 Å². The number of nitrogens with two attached hydrogens (primary N) is 1. The summed E-state index contributed by atoms with van der Waals surface area (Å²) in [7, 11) is 0. The first-order valence-corrected chi connectivity index (χ1v) is 6.31. The molecule has 0 saturated heterocycles. The molecular formula is C15H25NO. The second-order valence-corrected chi connectivity index (χ2v) is 5.99. The van der Waals surface area contributed by atoms with Gasteiger partial charge in [0.05, 0.1) is 6.61 Å². The second-order valence-electron chi connectivity index (χ2n) is 5.99. The third-order valence-electron chi connectivity index (χ3n) is 2.66. The smallest absolute Gasteiger partial charge is 0.123 e. The third kappa shape index (κ3) is 4.04. The van der Waals surface area contributed by atoms with Crippen molar-refractivity contribution in [3.05, 3.63) is 29.3 Å². The first-order valence-electron chi connectivity index (χ1n) is 6.31. The van der Waals surface area contributed by atoms with E-state index in [4.69, 9.17) is 10.5 Å². The van der Waals surface area contributed by atoms with Crippen LogP contribution in [-0.4, -0.2) is 6.61 Å². The number of benzene rings is 1. The Hall–Kier alpha value is -1.02. The highest BCUT2D eigenvalue weighted by Crippen LogP contribution is 2.32. The SMILES string of the molecule is CC(C)COc1ccc(CN)cc1C(C)(C)C. The van der Waals surface area contributed by atoms with Crippen LogP contribution >= 0.6 is 0 Å². The molecule has 2 heteroatoms. The van der Waals surface area contributed by atoms with E-state index in [0.717, 1.165) is 17.9 Å². The van der Waals surface area contributed by atoms with Gasteiger partial charge in [0, 0.05) is 6.54 Å². The Morgan fingerprint density at radius 2 is 1.88 bits per heavy atom. The summed E-state index contributed by atoms with van der Waals surface area (Å²) in [4.78, 5) is 0. The standard InChI is InChI=1S/C15H25NO/c1-11(2)10-17-14-7-6-12(9-16)8-13(14)15(3,4)5/h6-8,11H,9-10,16H2,1-5H3. The van der Waals surface area contributed by atoms with Gasteiger partial charge in [0.25, 0.3) is 0 Å². The Labute approximate surface area is 105 Å². The summed E-state index contributed by atoms with van der Waals surface area (Å²) in [6.45, 7) is 12.2. The van der Waals surface area contributed by atoms with Crippen molar-refractivity contribution in [2.24, 2.45) is 11.7 Å². The fourth-order valence-electron chi connectivity index (χ4n) is 1.67. The monoisotopic (exact) mass is 235 g/mol. The van der Waals surface area contributed by atoms with Gasteiger partial charge in [-0.15, -0.1) is 0 Å². The van der Waals surface area contributed by atoms with E-state index in [0.29, 0.717) is 12.5 Å². The summed E-state index contributed by atoms with van der Waals surface area (Å²) < 4.78 is 5.88. The molecule has 0 spiro atoms. The molecule has 0 fully saturated rings. The molecule has 0 bridgehead atoms. The van der Waals surface area contributed by atoms with Gasteiger partial charge in [-0.1, -0.05) is 46.8 Å². The van der Waals surface area contributed by atoms with Crippen molar-refractivity contribution in [1.82, 2.24) is 0 Å². The lowest BCUT2D eigenvalue weighted by molar-refractivity contribution is 0.265. The van der Waals surface area contributed by atoms with E-state index in [9.17, 15) is 0 Å². The van der Waals surface area contributed by atoms with Gasteiger partial charge in [0.15, 0.2) is 0 Å². The van der Waals surface area contributed by atoms with Gasteiger partial charge in [-0.25, -0.2) is 0 Å². The molecule has 0 saturated carbocycles. The average Bonchev–Trinajstić information content (AvgIpc) is 2.24. The summed E-state index contributed by atoms with van der Waals surface area (Å²) in [5.74, 6) is 1.53. The molecule has 0 atom stereocenters. The minimum absolute atomic E-state index is 0.0808. The van der Waals surface area contributed by atoms with Gasteiger partial charge in [0.2, 0.25) is 0 Å². The third-order valence-corrected chi connectivity index (χ3v) is 2.66. The van der Waals surface area contributed by atoms with Gasteiger partial charge >= 0.3 is 0 Å². The van der Waals surface area contributed by atoms with E-state index in [1.807, 2.05) is 12.1 Å². The molecule has 0 aromatic heterocycles. The first-order chi connectivity index (χ1) is 7.84. The Balaban J connectivity index is 3.03. The van der Waals surface area contributed by atoms with Gasteiger partial charge in [-0.2, -0.15) is 0 Å². The molecule has 1 aromatic carbocycles. The van der Waals surface area contributed by atoms with Gasteiger partial charge < -0.3 is 10.5 Å². The zero-order chi connectivity index (χ0) is 13.1. The van der Waals surface area contributed by atoms with Crippen LogP contribution in [0.1, 0.15) is 45.7 Å². The number of rotatable bonds is 4. The van der Waals surface area contributed by atoms with Crippen molar-refractivity contribution in [1.29, 1.82) is 0 Å². The van der Waals surface area contributed by atoms with E-state index in [-0.39, 0.29) is 5.41 Å². The molecule has 0 radical (unpaired) electrons. The minimum Gasteiger partial charge on any atom is -0.493 e. The summed E-state index contributed by atoms with van der Waals surface area (Å²) in [5, 5.41) is 0. The van der Waals surface area contributed by atoms with Crippen molar-refractivity contribution in [3.63, 3.8) is 0 Å². The molecule has 1 rings (SSSR count). The van der Waals surface area contributed by atoms with Crippen LogP contribution in [-0.2, 0) is 12.0 Å². The van der Waals surface area contributed by atoms with Crippen molar-refractivity contribution < 1.29 is 4.74 Å². The van der Waals surface area contributed by atoms with Crippen molar-refractivity contribution in [2.45, 2.75) is 46.6 Å². The van der Waals surface area contributed by atoms with E-state index in [1.54, 1.807) is 0 Å². The summed E-state index contributed by atoms with van der Waals surface area (Å²) in [5.41, 5.74) is 8.17. The second kappa shape index (κ2) is 5.54. The molecule has 96 valence electrons. The summed E-state index contributed by atoms with van der Waals surface area (Å²) >= 11 is 0. The van der Waals surface area contributed by atoms with Crippen LogP contribution in [0.15, 0.2) is 18.2 Å². The lowest BCUT2D eigenvalue weighted by atomic mass is 9.85. The van der Waals surface area contributed by atoms with Gasteiger partial charge in [-0.3, -0.25) is 0 Å². The quantitative estimate of drug-likeness (QED) is 0.867. The predicted octanol–water partition coefficient (Wildman–Crippen LogP) is 3.48. The molecule has 0 amide bonds. The van der Waals surface area contributed by atoms with Crippen molar-refractivity contribution in [2.75, 3.05) is 6.61 Å². The van der Waals surface area contributed by atoms with E-state index in [1.165, 1.54) is 5.56 Å². The zero-order valence-corrected chi connectivity index (χ0v) is 11.7. The molecule has 0 heterocycles. The Kier molecular flexibility index (Phi) is 4.58. The van der Waals surface area contributed by atoms with Crippen molar-refractivity contribution in [3.8, 4) is 5.75 Å². The number of hydrogen-bond acceptors (Lipinski definition) is 2. The first kappa shape index (κ1) is 14.0. The molecule has 17 heavy (non-hydrogen) atoms. The molecule has 0 unspecified atom stereocenters. The molecule has 2 nitrogen and oxygen atoms in total. The van der Waals surface area contributed by atoms with E-state index < -0.39 is 0 Å². The average molecular weight is 235 g/mol. The van der Waals surface area contributed by atoms with Crippen LogP contribution in [0.5, 0.6) is 5.75 Å². The highest BCUT2D eigenvalue weighted by molar-refractivity contribution is 5.41. The maximum atomic E-state index is 5.88. The normalized spacial score (nSPS) is 11.9. The Bertz CT molecular complexity index is 364. The van der Waals surface area contributed by atoms with Crippen LogP contribution < -0.4 is 10.5 Å².